The monoisotopic (exact) mass is 255 g/mol. The number of carboxylic acids is 1. The summed E-state index contributed by atoms with van der Waals surface area (Å²) in [6.07, 6.45) is 0. The van der Waals surface area contributed by atoms with Gasteiger partial charge >= 0.3 is 5.97 Å². The average Bonchev–Trinajstić information content (AvgIpc) is 2.42. The first kappa shape index (κ1) is 13.1. The first-order valence-electron chi connectivity index (χ1n) is 6.23. The van der Waals surface area contributed by atoms with Crippen LogP contribution < -0.4 is 5.32 Å². The first-order chi connectivity index (χ1) is 9.08. The SMILES string of the molecule is Cc1ccc(C(=O)O)cc1NC(C)c1ccccc1. The van der Waals surface area contributed by atoms with Crippen molar-refractivity contribution in [2.24, 2.45) is 0 Å². The zero-order valence-electron chi connectivity index (χ0n) is 11.1. The predicted molar refractivity (Wildman–Crippen MR) is 76.6 cm³/mol. The Labute approximate surface area is 112 Å². The lowest BCUT2D eigenvalue weighted by molar-refractivity contribution is 0.0697. The number of anilines is 1. The van der Waals surface area contributed by atoms with E-state index < -0.39 is 5.97 Å². The topological polar surface area (TPSA) is 49.3 Å². The second kappa shape index (κ2) is 5.57. The zero-order chi connectivity index (χ0) is 13.8. The van der Waals surface area contributed by atoms with Crippen LogP contribution in [-0.2, 0) is 0 Å². The lowest BCUT2D eigenvalue weighted by atomic mass is 10.1. The van der Waals surface area contributed by atoms with E-state index in [9.17, 15) is 4.79 Å². The minimum Gasteiger partial charge on any atom is -0.478 e. The summed E-state index contributed by atoms with van der Waals surface area (Å²) in [7, 11) is 0. The number of benzene rings is 2. The van der Waals surface area contributed by atoms with E-state index in [2.05, 4.69) is 12.2 Å². The number of carbonyl (C=O) groups is 1. The maximum atomic E-state index is 11.0. The molecule has 0 spiro atoms. The Morgan fingerprint density at radius 3 is 2.47 bits per heavy atom. The molecule has 19 heavy (non-hydrogen) atoms. The molecule has 2 N–H and O–H groups in total. The number of aromatic carboxylic acids is 1. The van der Waals surface area contributed by atoms with E-state index in [1.54, 1.807) is 12.1 Å². The standard InChI is InChI=1S/C16H17NO2/c1-11-8-9-14(16(18)19)10-15(11)17-12(2)13-6-4-3-5-7-13/h3-10,12,17H,1-2H3,(H,18,19). The van der Waals surface area contributed by atoms with Crippen molar-refractivity contribution < 1.29 is 9.90 Å². The molecule has 2 rings (SSSR count). The molecule has 0 radical (unpaired) electrons. The van der Waals surface area contributed by atoms with Gasteiger partial charge in [0.25, 0.3) is 0 Å². The fourth-order valence-corrected chi connectivity index (χ4v) is 1.97. The van der Waals surface area contributed by atoms with Crippen LogP contribution in [0.5, 0.6) is 0 Å². The van der Waals surface area contributed by atoms with Crippen molar-refractivity contribution in [3.63, 3.8) is 0 Å². The number of carboxylic acid groups (broad SMARTS) is 1. The highest BCUT2D eigenvalue weighted by Gasteiger charge is 2.09. The molecule has 1 unspecified atom stereocenters. The molecular weight excluding hydrogens is 238 g/mol. The number of hydrogen-bond acceptors (Lipinski definition) is 2. The van der Waals surface area contributed by atoms with E-state index in [4.69, 9.17) is 5.11 Å². The van der Waals surface area contributed by atoms with Gasteiger partial charge in [0.05, 0.1) is 5.56 Å². The molecule has 0 amide bonds. The van der Waals surface area contributed by atoms with Crippen LogP contribution in [0.4, 0.5) is 5.69 Å². The molecule has 0 aliphatic rings. The van der Waals surface area contributed by atoms with Gasteiger partial charge in [-0.15, -0.1) is 0 Å². The van der Waals surface area contributed by atoms with E-state index in [0.29, 0.717) is 5.56 Å². The molecule has 0 aliphatic heterocycles. The van der Waals surface area contributed by atoms with Gasteiger partial charge in [-0.05, 0) is 37.1 Å². The smallest absolute Gasteiger partial charge is 0.335 e. The van der Waals surface area contributed by atoms with Crippen LogP contribution in [-0.4, -0.2) is 11.1 Å². The molecule has 3 heteroatoms. The number of hydrogen-bond donors (Lipinski definition) is 2. The molecule has 2 aromatic carbocycles. The molecule has 0 heterocycles. The Morgan fingerprint density at radius 1 is 1.16 bits per heavy atom. The Hall–Kier alpha value is -2.29. The van der Waals surface area contributed by atoms with Crippen molar-refractivity contribution in [1.29, 1.82) is 0 Å². The van der Waals surface area contributed by atoms with Crippen molar-refractivity contribution >= 4 is 11.7 Å². The van der Waals surface area contributed by atoms with Crippen molar-refractivity contribution in [3.8, 4) is 0 Å². The Morgan fingerprint density at radius 2 is 1.84 bits per heavy atom. The van der Waals surface area contributed by atoms with Crippen LogP contribution in [0.15, 0.2) is 48.5 Å². The molecule has 0 fully saturated rings. The van der Waals surface area contributed by atoms with Crippen LogP contribution in [0, 0.1) is 6.92 Å². The van der Waals surface area contributed by atoms with Gasteiger partial charge in [-0.3, -0.25) is 0 Å². The van der Waals surface area contributed by atoms with Gasteiger partial charge in [-0.1, -0.05) is 36.4 Å². The summed E-state index contributed by atoms with van der Waals surface area (Å²) in [5, 5.41) is 12.4. The van der Waals surface area contributed by atoms with Crippen LogP contribution in [0.2, 0.25) is 0 Å². The summed E-state index contributed by atoms with van der Waals surface area (Å²) < 4.78 is 0. The van der Waals surface area contributed by atoms with Crippen molar-refractivity contribution in [1.82, 2.24) is 0 Å². The normalized spacial score (nSPS) is 11.9. The van der Waals surface area contributed by atoms with Crippen molar-refractivity contribution in [3.05, 3.63) is 65.2 Å². The van der Waals surface area contributed by atoms with E-state index in [1.807, 2.05) is 43.3 Å². The number of rotatable bonds is 4. The highest BCUT2D eigenvalue weighted by Crippen LogP contribution is 2.23. The van der Waals surface area contributed by atoms with Crippen LogP contribution in [0.1, 0.15) is 34.5 Å². The van der Waals surface area contributed by atoms with Crippen LogP contribution >= 0.6 is 0 Å². The van der Waals surface area contributed by atoms with E-state index in [1.165, 1.54) is 5.56 Å². The minimum atomic E-state index is -0.907. The summed E-state index contributed by atoms with van der Waals surface area (Å²) in [4.78, 5) is 11.0. The molecule has 0 saturated carbocycles. The second-order valence-electron chi connectivity index (χ2n) is 4.61. The van der Waals surface area contributed by atoms with E-state index in [0.717, 1.165) is 11.3 Å². The van der Waals surface area contributed by atoms with Gasteiger partial charge in [0.2, 0.25) is 0 Å². The number of nitrogens with one attached hydrogen (secondary N) is 1. The Bertz CT molecular complexity index is 579. The quantitative estimate of drug-likeness (QED) is 0.872. The molecule has 0 aromatic heterocycles. The van der Waals surface area contributed by atoms with Gasteiger partial charge in [0.15, 0.2) is 0 Å². The highest BCUT2D eigenvalue weighted by molar-refractivity contribution is 5.89. The van der Waals surface area contributed by atoms with Gasteiger partial charge < -0.3 is 10.4 Å². The average molecular weight is 255 g/mol. The van der Waals surface area contributed by atoms with Crippen LogP contribution in [0.3, 0.4) is 0 Å². The van der Waals surface area contributed by atoms with Crippen molar-refractivity contribution in [2.45, 2.75) is 19.9 Å². The van der Waals surface area contributed by atoms with E-state index >= 15 is 0 Å². The largest absolute Gasteiger partial charge is 0.478 e. The summed E-state index contributed by atoms with van der Waals surface area (Å²) in [5.41, 5.74) is 3.36. The summed E-state index contributed by atoms with van der Waals surface area (Å²) in [5.74, 6) is -0.907. The fourth-order valence-electron chi connectivity index (χ4n) is 1.97. The zero-order valence-corrected chi connectivity index (χ0v) is 11.1. The fraction of sp³-hybridized carbons (Fsp3) is 0.188. The van der Waals surface area contributed by atoms with Crippen molar-refractivity contribution in [2.75, 3.05) is 5.32 Å². The first-order valence-corrected chi connectivity index (χ1v) is 6.23. The lowest BCUT2D eigenvalue weighted by Crippen LogP contribution is -2.08. The van der Waals surface area contributed by atoms with E-state index in [-0.39, 0.29) is 6.04 Å². The molecule has 1 atom stereocenters. The molecule has 0 aliphatic carbocycles. The maximum absolute atomic E-state index is 11.0. The summed E-state index contributed by atoms with van der Waals surface area (Å²) in [6, 6.07) is 15.3. The minimum absolute atomic E-state index is 0.129. The van der Waals surface area contributed by atoms with Crippen LogP contribution in [0.25, 0.3) is 0 Å². The molecular formula is C16H17NO2. The summed E-state index contributed by atoms with van der Waals surface area (Å²) in [6.45, 7) is 4.02. The number of aryl methyl sites for hydroxylation is 1. The third-order valence-corrected chi connectivity index (χ3v) is 3.16. The van der Waals surface area contributed by atoms with Gasteiger partial charge in [-0.2, -0.15) is 0 Å². The third kappa shape index (κ3) is 3.13. The Balaban J connectivity index is 2.23. The maximum Gasteiger partial charge on any atom is 0.335 e. The summed E-state index contributed by atoms with van der Waals surface area (Å²) >= 11 is 0. The molecule has 0 saturated heterocycles. The van der Waals surface area contributed by atoms with Gasteiger partial charge in [0.1, 0.15) is 0 Å². The van der Waals surface area contributed by atoms with Gasteiger partial charge in [-0.25, -0.2) is 4.79 Å². The highest BCUT2D eigenvalue weighted by atomic mass is 16.4. The predicted octanol–water partition coefficient (Wildman–Crippen LogP) is 3.87. The van der Waals surface area contributed by atoms with Gasteiger partial charge in [0, 0.05) is 11.7 Å². The molecule has 3 nitrogen and oxygen atoms in total. The second-order valence-corrected chi connectivity index (χ2v) is 4.61. The lowest BCUT2D eigenvalue weighted by Gasteiger charge is -2.17. The molecule has 2 aromatic rings. The Kier molecular flexibility index (Phi) is 3.85. The third-order valence-electron chi connectivity index (χ3n) is 3.16. The molecule has 98 valence electrons. The molecule has 0 bridgehead atoms.